The van der Waals surface area contributed by atoms with Gasteiger partial charge in [-0.1, -0.05) is 36.4 Å². The van der Waals surface area contributed by atoms with Crippen LogP contribution in [0.2, 0.25) is 0 Å². The third-order valence-electron chi connectivity index (χ3n) is 3.35. The minimum absolute atomic E-state index is 0.00570. The first kappa shape index (κ1) is 18.4. The molecule has 0 bridgehead atoms. The Labute approximate surface area is 155 Å². The van der Waals surface area contributed by atoms with E-state index in [9.17, 15) is 4.79 Å². The smallest absolute Gasteiger partial charge is 0.264 e. The molecular formula is C18H19BrN2O2S. The van der Waals surface area contributed by atoms with Crippen molar-refractivity contribution in [2.75, 3.05) is 6.61 Å². The van der Waals surface area contributed by atoms with E-state index in [4.69, 9.17) is 17.0 Å². The van der Waals surface area contributed by atoms with Crippen molar-refractivity contribution in [3.05, 3.63) is 64.1 Å². The fourth-order valence-electron chi connectivity index (χ4n) is 2.09. The Bertz CT molecular complexity index is 722. The number of carbonyl (C=O) groups is 1. The topological polar surface area (TPSA) is 50.4 Å². The van der Waals surface area contributed by atoms with Crippen molar-refractivity contribution >= 4 is 39.2 Å². The predicted octanol–water partition coefficient (Wildman–Crippen LogP) is 3.89. The molecule has 0 aromatic heterocycles. The lowest BCUT2D eigenvalue weighted by Gasteiger charge is -2.17. The van der Waals surface area contributed by atoms with E-state index in [0.717, 1.165) is 15.6 Å². The summed E-state index contributed by atoms with van der Waals surface area (Å²) in [5, 5.41) is 5.98. The van der Waals surface area contributed by atoms with E-state index < -0.39 is 0 Å². The highest BCUT2D eigenvalue weighted by molar-refractivity contribution is 9.10. The Morgan fingerprint density at radius 2 is 1.96 bits per heavy atom. The number of hydrogen-bond acceptors (Lipinski definition) is 3. The maximum Gasteiger partial charge on any atom is 0.264 e. The molecule has 0 saturated carbocycles. The number of hydrogen-bond donors (Lipinski definition) is 2. The zero-order chi connectivity index (χ0) is 17.5. The Morgan fingerprint density at radius 1 is 1.25 bits per heavy atom. The second-order valence-corrected chi connectivity index (χ2v) is 6.64. The predicted molar refractivity (Wildman–Crippen MR) is 103 cm³/mol. The van der Waals surface area contributed by atoms with Gasteiger partial charge in [-0.25, -0.2) is 0 Å². The summed E-state index contributed by atoms with van der Waals surface area (Å²) >= 11 is 8.58. The summed E-state index contributed by atoms with van der Waals surface area (Å²) < 4.78 is 6.31. The molecule has 0 aliphatic carbocycles. The van der Waals surface area contributed by atoms with E-state index in [1.807, 2.05) is 62.4 Å². The van der Waals surface area contributed by atoms with Gasteiger partial charge < -0.3 is 15.4 Å². The van der Waals surface area contributed by atoms with E-state index in [2.05, 4.69) is 26.6 Å². The van der Waals surface area contributed by atoms with Gasteiger partial charge in [-0.05, 0) is 65.3 Å². The molecule has 0 heterocycles. The molecule has 1 unspecified atom stereocenters. The molecule has 0 fully saturated rings. The van der Waals surface area contributed by atoms with Crippen LogP contribution in [0.5, 0.6) is 5.75 Å². The molecule has 126 valence electrons. The van der Waals surface area contributed by atoms with Gasteiger partial charge in [0.25, 0.3) is 5.91 Å². The van der Waals surface area contributed by atoms with Crippen molar-refractivity contribution in [3.8, 4) is 5.75 Å². The molecule has 2 aromatic rings. The molecular weight excluding hydrogens is 388 g/mol. The number of carbonyl (C=O) groups excluding carboxylic acids is 1. The largest absolute Gasteiger partial charge is 0.483 e. The van der Waals surface area contributed by atoms with Gasteiger partial charge in [0.15, 0.2) is 11.7 Å². The zero-order valence-electron chi connectivity index (χ0n) is 13.5. The van der Waals surface area contributed by atoms with Crippen molar-refractivity contribution in [2.45, 2.75) is 19.9 Å². The monoisotopic (exact) mass is 406 g/mol. The molecule has 4 nitrogen and oxygen atoms in total. The lowest BCUT2D eigenvalue weighted by Crippen LogP contribution is -2.42. The quantitative estimate of drug-likeness (QED) is 0.739. The highest BCUT2D eigenvalue weighted by atomic mass is 79.9. The highest BCUT2D eigenvalue weighted by Crippen LogP contribution is 2.25. The van der Waals surface area contributed by atoms with Crippen LogP contribution in [0.25, 0.3) is 0 Å². The first-order chi connectivity index (χ1) is 11.5. The minimum Gasteiger partial charge on any atom is -0.483 e. The third-order valence-corrected chi connectivity index (χ3v) is 4.19. The minimum atomic E-state index is -0.305. The molecule has 1 amide bonds. The average molecular weight is 407 g/mol. The van der Waals surface area contributed by atoms with Crippen molar-refractivity contribution in [2.24, 2.45) is 0 Å². The van der Waals surface area contributed by atoms with Crippen LogP contribution in [0.4, 0.5) is 0 Å². The molecule has 24 heavy (non-hydrogen) atoms. The summed E-state index contributed by atoms with van der Waals surface area (Å²) in [5.41, 5.74) is 2.20. The van der Waals surface area contributed by atoms with E-state index in [0.29, 0.717) is 5.75 Å². The molecule has 0 aliphatic heterocycles. The van der Waals surface area contributed by atoms with Gasteiger partial charge >= 0.3 is 0 Å². The Morgan fingerprint density at radius 3 is 2.62 bits per heavy atom. The molecule has 2 aromatic carbocycles. The van der Waals surface area contributed by atoms with Crippen LogP contribution in [0.1, 0.15) is 24.1 Å². The van der Waals surface area contributed by atoms with Crippen molar-refractivity contribution in [1.29, 1.82) is 0 Å². The Balaban J connectivity index is 1.80. The van der Waals surface area contributed by atoms with Gasteiger partial charge in [-0.2, -0.15) is 0 Å². The molecule has 0 saturated heterocycles. The van der Waals surface area contributed by atoms with E-state index >= 15 is 0 Å². The van der Waals surface area contributed by atoms with Crippen LogP contribution < -0.4 is 15.4 Å². The summed E-state index contributed by atoms with van der Waals surface area (Å²) in [7, 11) is 0. The normalized spacial score (nSPS) is 11.5. The lowest BCUT2D eigenvalue weighted by atomic mass is 10.1. The number of amides is 1. The second-order valence-electron chi connectivity index (χ2n) is 5.38. The second kappa shape index (κ2) is 8.80. The first-order valence-electron chi connectivity index (χ1n) is 7.50. The van der Waals surface area contributed by atoms with Gasteiger partial charge in [-0.3, -0.25) is 4.79 Å². The van der Waals surface area contributed by atoms with Crippen molar-refractivity contribution in [3.63, 3.8) is 0 Å². The summed E-state index contributed by atoms with van der Waals surface area (Å²) in [6, 6.07) is 15.6. The van der Waals surface area contributed by atoms with Crippen LogP contribution in [0.3, 0.4) is 0 Å². The average Bonchev–Trinajstić information content (AvgIpc) is 2.54. The molecule has 1 atom stereocenters. The van der Waals surface area contributed by atoms with Crippen LogP contribution >= 0.6 is 28.1 Å². The SMILES string of the molecule is Cc1ccc(OCC(=O)NC(=S)NC(C)c2ccccc2)c(Br)c1. The van der Waals surface area contributed by atoms with Crippen LogP contribution in [-0.4, -0.2) is 17.6 Å². The number of benzene rings is 2. The van der Waals surface area contributed by atoms with E-state index in [-0.39, 0.29) is 23.7 Å². The summed E-state index contributed by atoms with van der Waals surface area (Å²) in [6.45, 7) is 3.86. The third kappa shape index (κ3) is 5.62. The molecule has 6 heteroatoms. The number of ether oxygens (including phenoxy) is 1. The fourth-order valence-corrected chi connectivity index (χ4v) is 2.99. The van der Waals surface area contributed by atoms with E-state index in [1.54, 1.807) is 0 Å². The molecule has 0 radical (unpaired) electrons. The maximum absolute atomic E-state index is 11.9. The summed E-state index contributed by atoms with van der Waals surface area (Å²) in [4.78, 5) is 11.9. The van der Waals surface area contributed by atoms with Crippen molar-refractivity contribution in [1.82, 2.24) is 10.6 Å². The standard InChI is InChI=1S/C18H19BrN2O2S/c1-12-8-9-16(15(19)10-12)23-11-17(22)21-18(24)20-13(2)14-6-4-3-5-7-14/h3-10,13H,11H2,1-2H3,(H2,20,21,22,24). The van der Waals surface area contributed by atoms with Gasteiger partial charge in [0, 0.05) is 0 Å². The molecule has 0 aliphatic rings. The highest BCUT2D eigenvalue weighted by Gasteiger charge is 2.10. The Kier molecular flexibility index (Phi) is 6.75. The van der Waals surface area contributed by atoms with Gasteiger partial charge in [-0.15, -0.1) is 0 Å². The number of thiocarbonyl (C=S) groups is 1. The van der Waals surface area contributed by atoms with E-state index in [1.165, 1.54) is 0 Å². The van der Waals surface area contributed by atoms with Crippen molar-refractivity contribution < 1.29 is 9.53 Å². The fraction of sp³-hybridized carbons (Fsp3) is 0.222. The number of aryl methyl sites for hydroxylation is 1. The van der Waals surface area contributed by atoms with Gasteiger partial charge in [0.1, 0.15) is 5.75 Å². The van der Waals surface area contributed by atoms with Crippen LogP contribution in [0, 0.1) is 6.92 Å². The summed E-state index contributed by atoms with van der Waals surface area (Å²) in [5.74, 6) is 0.313. The molecule has 2 N–H and O–H groups in total. The number of halogens is 1. The maximum atomic E-state index is 11.9. The van der Waals surface area contributed by atoms with Crippen LogP contribution in [0.15, 0.2) is 53.0 Å². The van der Waals surface area contributed by atoms with Crippen LogP contribution in [-0.2, 0) is 4.79 Å². The molecule has 2 rings (SSSR count). The number of nitrogens with one attached hydrogen (secondary N) is 2. The number of rotatable bonds is 5. The van der Waals surface area contributed by atoms with Gasteiger partial charge in [0.05, 0.1) is 10.5 Å². The zero-order valence-corrected chi connectivity index (χ0v) is 15.9. The summed E-state index contributed by atoms with van der Waals surface area (Å²) in [6.07, 6.45) is 0. The molecule has 0 spiro atoms. The Hall–Kier alpha value is -1.92. The lowest BCUT2D eigenvalue weighted by molar-refractivity contribution is -0.121. The van der Waals surface area contributed by atoms with Gasteiger partial charge in [0.2, 0.25) is 0 Å². The first-order valence-corrected chi connectivity index (χ1v) is 8.70.